The second kappa shape index (κ2) is 3.61. The Labute approximate surface area is 73.3 Å². The lowest BCUT2D eigenvalue weighted by atomic mass is 10.4. The molecule has 0 saturated heterocycles. The highest BCUT2D eigenvalue weighted by molar-refractivity contribution is 5.88. The van der Waals surface area contributed by atoms with Gasteiger partial charge in [-0.05, 0) is 6.92 Å². The summed E-state index contributed by atoms with van der Waals surface area (Å²) in [6.45, 7) is 4.85. The van der Waals surface area contributed by atoms with Crippen molar-refractivity contribution in [3.05, 3.63) is 29.0 Å². The Kier molecular flexibility index (Phi) is 2.53. The fourth-order valence-electron chi connectivity index (χ4n) is 0.517. The van der Waals surface area contributed by atoms with Gasteiger partial charge >= 0.3 is 17.7 Å². The molecule has 0 aromatic carbocycles. The third kappa shape index (κ3) is 2.51. The van der Waals surface area contributed by atoms with E-state index in [2.05, 4.69) is 26.3 Å². The van der Waals surface area contributed by atoms with Crippen LogP contribution in [-0.2, 0) is 4.79 Å². The SMILES string of the molecule is C=C(C)C(=O)Oc1ncnc(=O)[nH]1. The van der Waals surface area contributed by atoms with Crippen molar-refractivity contribution in [2.75, 3.05) is 0 Å². The topological polar surface area (TPSA) is 84.9 Å². The summed E-state index contributed by atoms with van der Waals surface area (Å²) in [7, 11) is 0. The lowest BCUT2D eigenvalue weighted by Crippen LogP contribution is -2.16. The molecule has 1 aromatic heterocycles. The van der Waals surface area contributed by atoms with Crippen LogP contribution in [-0.4, -0.2) is 20.9 Å². The Bertz CT molecular complexity index is 396. The first kappa shape index (κ1) is 9.11. The minimum absolute atomic E-state index is 0.187. The number of rotatable bonds is 2. The second-order valence-corrected chi connectivity index (χ2v) is 2.28. The Balaban J connectivity index is 2.81. The molecule has 6 nitrogen and oxygen atoms in total. The molecule has 1 heterocycles. The van der Waals surface area contributed by atoms with Crippen LogP contribution in [0.1, 0.15) is 6.92 Å². The first-order chi connectivity index (χ1) is 6.09. The summed E-state index contributed by atoms with van der Waals surface area (Å²) < 4.78 is 4.61. The zero-order valence-electron chi connectivity index (χ0n) is 6.90. The number of hydrogen-bond donors (Lipinski definition) is 1. The molecular formula is C7H7N3O3. The van der Waals surface area contributed by atoms with E-state index in [0.29, 0.717) is 0 Å². The highest BCUT2D eigenvalue weighted by Crippen LogP contribution is 1.98. The number of aromatic nitrogens is 3. The number of aromatic amines is 1. The predicted molar refractivity (Wildman–Crippen MR) is 43.1 cm³/mol. The van der Waals surface area contributed by atoms with E-state index in [0.717, 1.165) is 6.33 Å². The summed E-state index contributed by atoms with van der Waals surface area (Å²) in [4.78, 5) is 30.4. The molecule has 1 aromatic rings. The number of H-pyrrole nitrogens is 1. The van der Waals surface area contributed by atoms with E-state index in [-0.39, 0.29) is 11.6 Å². The zero-order chi connectivity index (χ0) is 9.84. The lowest BCUT2D eigenvalue weighted by molar-refractivity contribution is -0.130. The molecule has 0 amide bonds. The van der Waals surface area contributed by atoms with E-state index in [1.54, 1.807) is 0 Å². The summed E-state index contributed by atoms with van der Waals surface area (Å²) in [6.07, 6.45) is 1.000. The van der Waals surface area contributed by atoms with Crippen molar-refractivity contribution < 1.29 is 9.53 Å². The molecule has 0 aliphatic carbocycles. The number of carbonyl (C=O) groups is 1. The molecular weight excluding hydrogens is 174 g/mol. The van der Waals surface area contributed by atoms with Gasteiger partial charge in [-0.1, -0.05) is 6.58 Å². The summed E-state index contributed by atoms with van der Waals surface area (Å²) >= 11 is 0. The molecule has 0 saturated carbocycles. The quantitative estimate of drug-likeness (QED) is 0.497. The summed E-state index contributed by atoms with van der Waals surface area (Å²) in [5.41, 5.74) is -0.404. The van der Waals surface area contributed by atoms with Crippen molar-refractivity contribution in [2.45, 2.75) is 6.92 Å². The first-order valence-electron chi connectivity index (χ1n) is 3.38. The minimum atomic E-state index is -0.644. The second-order valence-electron chi connectivity index (χ2n) is 2.28. The minimum Gasteiger partial charge on any atom is -0.389 e. The predicted octanol–water partition coefficient (Wildman–Crippen LogP) is -0.354. The summed E-state index contributed by atoms with van der Waals surface area (Å²) in [6, 6.07) is -0.187. The normalized spacial score (nSPS) is 9.31. The fraction of sp³-hybridized carbons (Fsp3) is 0.143. The van der Waals surface area contributed by atoms with E-state index >= 15 is 0 Å². The van der Waals surface area contributed by atoms with Crippen LogP contribution in [0.4, 0.5) is 0 Å². The van der Waals surface area contributed by atoms with E-state index < -0.39 is 11.7 Å². The maximum absolute atomic E-state index is 10.9. The van der Waals surface area contributed by atoms with Crippen LogP contribution in [0.25, 0.3) is 0 Å². The molecule has 0 aliphatic heterocycles. The molecule has 0 spiro atoms. The van der Waals surface area contributed by atoms with Gasteiger partial charge in [0.1, 0.15) is 6.33 Å². The van der Waals surface area contributed by atoms with Crippen molar-refractivity contribution in [3.63, 3.8) is 0 Å². The van der Waals surface area contributed by atoms with Crippen LogP contribution in [0.15, 0.2) is 23.3 Å². The third-order valence-electron chi connectivity index (χ3n) is 1.10. The number of ether oxygens (including phenoxy) is 1. The largest absolute Gasteiger partial charge is 0.389 e. The maximum atomic E-state index is 10.9. The van der Waals surface area contributed by atoms with Gasteiger partial charge in [0.2, 0.25) is 0 Å². The monoisotopic (exact) mass is 181 g/mol. The van der Waals surface area contributed by atoms with E-state index in [9.17, 15) is 9.59 Å². The third-order valence-corrected chi connectivity index (χ3v) is 1.10. The average molecular weight is 181 g/mol. The van der Waals surface area contributed by atoms with Crippen LogP contribution in [0, 0.1) is 0 Å². The van der Waals surface area contributed by atoms with Crippen molar-refractivity contribution in [2.24, 2.45) is 0 Å². The average Bonchev–Trinajstić information content (AvgIpc) is 2.04. The molecule has 13 heavy (non-hydrogen) atoms. The van der Waals surface area contributed by atoms with Crippen LogP contribution in [0.5, 0.6) is 6.01 Å². The van der Waals surface area contributed by atoms with Gasteiger partial charge in [-0.25, -0.2) is 9.59 Å². The Morgan fingerprint density at radius 3 is 2.85 bits per heavy atom. The number of hydrogen-bond acceptors (Lipinski definition) is 5. The maximum Gasteiger partial charge on any atom is 0.350 e. The highest BCUT2D eigenvalue weighted by atomic mass is 16.5. The van der Waals surface area contributed by atoms with Gasteiger partial charge < -0.3 is 4.74 Å². The molecule has 0 aliphatic rings. The smallest absolute Gasteiger partial charge is 0.350 e. The molecule has 0 atom stereocenters. The van der Waals surface area contributed by atoms with Crippen LogP contribution in [0.2, 0.25) is 0 Å². The van der Waals surface area contributed by atoms with Gasteiger partial charge in [-0.3, -0.25) is 4.98 Å². The molecule has 1 rings (SSSR count). The molecule has 1 N–H and O–H groups in total. The molecule has 0 unspecified atom stereocenters. The molecule has 68 valence electrons. The molecule has 0 radical (unpaired) electrons. The van der Waals surface area contributed by atoms with E-state index in [1.165, 1.54) is 6.92 Å². The highest BCUT2D eigenvalue weighted by Gasteiger charge is 2.06. The van der Waals surface area contributed by atoms with Crippen molar-refractivity contribution in [1.82, 2.24) is 15.0 Å². The van der Waals surface area contributed by atoms with Gasteiger partial charge in [0.05, 0.1) is 0 Å². The van der Waals surface area contributed by atoms with Crippen LogP contribution < -0.4 is 10.4 Å². The first-order valence-corrected chi connectivity index (χ1v) is 3.38. The van der Waals surface area contributed by atoms with Gasteiger partial charge in [0.15, 0.2) is 0 Å². The Hall–Kier alpha value is -1.98. The molecule has 0 fully saturated rings. The van der Waals surface area contributed by atoms with Crippen molar-refractivity contribution >= 4 is 5.97 Å². The van der Waals surface area contributed by atoms with Gasteiger partial charge in [0.25, 0.3) is 0 Å². The summed E-state index contributed by atoms with van der Waals surface area (Å²) in [5, 5.41) is 0. The number of nitrogens with zero attached hydrogens (tertiary/aromatic N) is 2. The number of carbonyl (C=O) groups excluding carboxylic acids is 1. The van der Waals surface area contributed by atoms with Crippen LogP contribution >= 0.6 is 0 Å². The standard InChI is InChI=1S/C7H7N3O3/c1-4(2)5(11)13-7-9-3-8-6(12)10-7/h3H,1H2,2H3,(H,8,9,10,12). The summed E-state index contributed by atoms with van der Waals surface area (Å²) in [5.74, 6) is -0.644. The molecule has 6 heteroatoms. The van der Waals surface area contributed by atoms with Crippen molar-refractivity contribution in [1.29, 1.82) is 0 Å². The van der Waals surface area contributed by atoms with Gasteiger partial charge in [-0.15, -0.1) is 0 Å². The lowest BCUT2D eigenvalue weighted by Gasteiger charge is -1.99. The molecule has 0 bridgehead atoms. The number of esters is 1. The Morgan fingerprint density at radius 1 is 1.62 bits per heavy atom. The fourth-order valence-corrected chi connectivity index (χ4v) is 0.517. The Morgan fingerprint density at radius 2 is 2.31 bits per heavy atom. The number of nitrogens with one attached hydrogen (secondary N) is 1. The van der Waals surface area contributed by atoms with Gasteiger partial charge in [-0.2, -0.15) is 9.97 Å². The zero-order valence-corrected chi connectivity index (χ0v) is 6.90. The van der Waals surface area contributed by atoms with Crippen molar-refractivity contribution in [3.8, 4) is 6.01 Å². The van der Waals surface area contributed by atoms with Gasteiger partial charge in [0, 0.05) is 5.57 Å². The van der Waals surface area contributed by atoms with Crippen LogP contribution in [0.3, 0.4) is 0 Å². The van der Waals surface area contributed by atoms with E-state index in [4.69, 9.17) is 0 Å². The van der Waals surface area contributed by atoms with E-state index in [1.807, 2.05) is 0 Å².